The van der Waals surface area contributed by atoms with Crippen LogP contribution < -0.4 is 0 Å². The van der Waals surface area contributed by atoms with E-state index in [2.05, 4.69) is 0 Å². The zero-order chi connectivity index (χ0) is 8.43. The first-order chi connectivity index (χ1) is 5.15. The fourth-order valence-electron chi connectivity index (χ4n) is 0.831. The van der Waals surface area contributed by atoms with E-state index in [0.717, 1.165) is 11.1 Å². The first-order valence-corrected chi connectivity index (χ1v) is 4.07. The quantitative estimate of drug-likeness (QED) is 0.598. The fourth-order valence-corrected chi connectivity index (χ4v) is 1.31. The van der Waals surface area contributed by atoms with Gasteiger partial charge in [-0.1, -0.05) is 11.6 Å². The van der Waals surface area contributed by atoms with Gasteiger partial charge in [-0.3, -0.25) is 0 Å². The van der Waals surface area contributed by atoms with E-state index in [9.17, 15) is 4.39 Å². The lowest BCUT2D eigenvalue weighted by atomic mass is 10.1. The largest absolute Gasteiger partial charge is 0.205 e. The van der Waals surface area contributed by atoms with Crippen molar-refractivity contribution in [1.82, 2.24) is 0 Å². The Morgan fingerprint density at radius 1 is 1.45 bits per heavy atom. The van der Waals surface area contributed by atoms with E-state index in [-0.39, 0.29) is 5.02 Å². The maximum Gasteiger partial charge on any atom is 0.142 e. The molecule has 0 unspecified atom stereocenters. The molecule has 0 saturated carbocycles. The molecule has 0 bridgehead atoms. The summed E-state index contributed by atoms with van der Waals surface area (Å²) in [5, 5.41) is 0.131. The third-order valence-electron chi connectivity index (χ3n) is 1.52. The van der Waals surface area contributed by atoms with Crippen molar-refractivity contribution in [1.29, 1.82) is 0 Å². The Hall–Kier alpha value is -0.270. The molecule has 0 aliphatic heterocycles. The van der Waals surface area contributed by atoms with Crippen LogP contribution in [0, 0.1) is 12.7 Å². The van der Waals surface area contributed by atoms with E-state index in [1.54, 1.807) is 13.0 Å². The van der Waals surface area contributed by atoms with E-state index in [1.165, 1.54) is 6.07 Å². The molecule has 0 saturated heterocycles. The SMILES string of the molecule is Cc1cc(F)c(Cl)cc1CCl. The number of rotatable bonds is 1. The summed E-state index contributed by atoms with van der Waals surface area (Å²) in [4.78, 5) is 0. The summed E-state index contributed by atoms with van der Waals surface area (Å²) in [5.41, 5.74) is 1.71. The van der Waals surface area contributed by atoms with Gasteiger partial charge >= 0.3 is 0 Å². The summed E-state index contributed by atoms with van der Waals surface area (Å²) in [6.07, 6.45) is 0. The van der Waals surface area contributed by atoms with Crippen LogP contribution in [0.25, 0.3) is 0 Å². The van der Waals surface area contributed by atoms with Crippen molar-refractivity contribution in [2.24, 2.45) is 0 Å². The predicted octanol–water partition coefficient (Wildman–Crippen LogP) is 3.53. The molecule has 11 heavy (non-hydrogen) atoms. The summed E-state index contributed by atoms with van der Waals surface area (Å²) in [5.74, 6) is -0.0238. The van der Waals surface area contributed by atoms with Gasteiger partial charge in [-0.25, -0.2) is 4.39 Å². The monoisotopic (exact) mass is 192 g/mol. The lowest BCUT2D eigenvalue weighted by Gasteiger charge is -2.02. The van der Waals surface area contributed by atoms with Gasteiger partial charge in [-0.15, -0.1) is 11.6 Å². The minimum atomic E-state index is -0.391. The van der Waals surface area contributed by atoms with Gasteiger partial charge < -0.3 is 0 Å². The zero-order valence-corrected chi connectivity index (χ0v) is 7.51. The minimum Gasteiger partial charge on any atom is -0.205 e. The number of aryl methyl sites for hydroxylation is 1. The standard InChI is InChI=1S/C8H7Cl2F/c1-5-2-8(11)7(10)3-6(5)4-9/h2-3H,4H2,1H3. The van der Waals surface area contributed by atoms with Gasteiger partial charge in [0.2, 0.25) is 0 Å². The second-order valence-electron chi connectivity index (χ2n) is 2.33. The second kappa shape index (κ2) is 3.42. The van der Waals surface area contributed by atoms with E-state index in [4.69, 9.17) is 23.2 Å². The van der Waals surface area contributed by atoms with Crippen molar-refractivity contribution in [3.05, 3.63) is 34.1 Å². The van der Waals surface area contributed by atoms with Crippen LogP contribution in [-0.4, -0.2) is 0 Å². The molecule has 0 radical (unpaired) electrons. The van der Waals surface area contributed by atoms with Crippen molar-refractivity contribution < 1.29 is 4.39 Å². The number of halogens is 3. The molecule has 0 atom stereocenters. The van der Waals surface area contributed by atoms with Crippen molar-refractivity contribution in [2.75, 3.05) is 0 Å². The topological polar surface area (TPSA) is 0 Å². The van der Waals surface area contributed by atoms with Gasteiger partial charge in [0.05, 0.1) is 5.02 Å². The van der Waals surface area contributed by atoms with Gasteiger partial charge in [0.15, 0.2) is 0 Å². The molecule has 0 aromatic heterocycles. The van der Waals surface area contributed by atoms with Crippen LogP contribution in [0.4, 0.5) is 4.39 Å². The van der Waals surface area contributed by atoms with E-state index >= 15 is 0 Å². The third kappa shape index (κ3) is 1.85. The third-order valence-corrected chi connectivity index (χ3v) is 2.10. The molecule has 0 heterocycles. The summed E-state index contributed by atoms with van der Waals surface area (Å²) in [6.45, 7) is 1.80. The summed E-state index contributed by atoms with van der Waals surface area (Å²) in [7, 11) is 0. The molecule has 0 aliphatic carbocycles. The Morgan fingerprint density at radius 2 is 2.09 bits per heavy atom. The first-order valence-electron chi connectivity index (χ1n) is 3.15. The Kier molecular flexibility index (Phi) is 2.74. The van der Waals surface area contributed by atoms with Crippen LogP contribution in [0.5, 0.6) is 0 Å². The molecular formula is C8H7Cl2F. The molecule has 0 spiro atoms. The molecule has 1 rings (SSSR count). The van der Waals surface area contributed by atoms with Crippen LogP contribution >= 0.6 is 23.2 Å². The normalized spacial score (nSPS) is 10.2. The molecule has 1 aromatic carbocycles. The molecule has 60 valence electrons. The molecule has 0 nitrogen and oxygen atoms in total. The maximum absolute atomic E-state index is 12.7. The number of alkyl halides is 1. The highest BCUT2D eigenvalue weighted by atomic mass is 35.5. The minimum absolute atomic E-state index is 0.131. The zero-order valence-electron chi connectivity index (χ0n) is 6.00. The molecule has 1 aromatic rings. The maximum atomic E-state index is 12.7. The molecule has 0 amide bonds. The number of hydrogen-bond donors (Lipinski definition) is 0. The highest BCUT2D eigenvalue weighted by molar-refractivity contribution is 6.30. The molecule has 0 N–H and O–H groups in total. The molecule has 3 heteroatoms. The Bertz CT molecular complexity index is 271. The van der Waals surface area contributed by atoms with Crippen LogP contribution in [0.2, 0.25) is 5.02 Å². The second-order valence-corrected chi connectivity index (χ2v) is 3.00. The first kappa shape index (κ1) is 8.82. The smallest absolute Gasteiger partial charge is 0.142 e. The van der Waals surface area contributed by atoms with Gasteiger partial charge in [0, 0.05) is 5.88 Å². The van der Waals surface area contributed by atoms with Crippen LogP contribution in [0.3, 0.4) is 0 Å². The fraction of sp³-hybridized carbons (Fsp3) is 0.250. The Labute approximate surface area is 74.9 Å². The highest BCUT2D eigenvalue weighted by Gasteiger charge is 2.03. The predicted molar refractivity (Wildman–Crippen MR) is 45.7 cm³/mol. The summed E-state index contributed by atoms with van der Waals surface area (Å²) < 4.78 is 12.7. The van der Waals surface area contributed by atoms with Gasteiger partial charge in [0.25, 0.3) is 0 Å². The van der Waals surface area contributed by atoms with Crippen LogP contribution in [-0.2, 0) is 5.88 Å². The number of hydrogen-bond acceptors (Lipinski definition) is 0. The van der Waals surface area contributed by atoms with Gasteiger partial charge in [-0.05, 0) is 30.2 Å². The van der Waals surface area contributed by atoms with Crippen molar-refractivity contribution >= 4 is 23.2 Å². The lowest BCUT2D eigenvalue weighted by molar-refractivity contribution is 0.626. The average Bonchev–Trinajstić information content (AvgIpc) is 1.97. The number of benzene rings is 1. The van der Waals surface area contributed by atoms with Crippen molar-refractivity contribution in [3.8, 4) is 0 Å². The van der Waals surface area contributed by atoms with E-state index in [0.29, 0.717) is 5.88 Å². The molecular weight excluding hydrogens is 186 g/mol. The van der Waals surface area contributed by atoms with E-state index in [1.807, 2.05) is 0 Å². The van der Waals surface area contributed by atoms with Gasteiger partial charge in [-0.2, -0.15) is 0 Å². The van der Waals surface area contributed by atoms with E-state index < -0.39 is 5.82 Å². The Morgan fingerprint density at radius 3 is 2.64 bits per heavy atom. The highest BCUT2D eigenvalue weighted by Crippen LogP contribution is 2.20. The van der Waals surface area contributed by atoms with Gasteiger partial charge in [0.1, 0.15) is 5.82 Å². The molecule has 0 fully saturated rings. The lowest BCUT2D eigenvalue weighted by Crippen LogP contribution is -1.87. The molecule has 0 aliphatic rings. The summed E-state index contributed by atoms with van der Waals surface area (Å²) in [6, 6.07) is 2.94. The van der Waals surface area contributed by atoms with Crippen LogP contribution in [0.15, 0.2) is 12.1 Å². The summed E-state index contributed by atoms with van der Waals surface area (Å²) >= 11 is 11.1. The van der Waals surface area contributed by atoms with Crippen molar-refractivity contribution in [2.45, 2.75) is 12.8 Å². The Balaban J connectivity index is 3.21. The average molecular weight is 193 g/mol. The van der Waals surface area contributed by atoms with Crippen LogP contribution in [0.1, 0.15) is 11.1 Å². The van der Waals surface area contributed by atoms with Crippen molar-refractivity contribution in [3.63, 3.8) is 0 Å².